The fraction of sp³-hybridized carbons (Fsp3) is 0.625. The summed E-state index contributed by atoms with van der Waals surface area (Å²) >= 11 is 0. The van der Waals surface area contributed by atoms with Crippen LogP contribution in [0.15, 0.2) is 18.2 Å². The van der Waals surface area contributed by atoms with Crippen LogP contribution in [-0.2, 0) is 11.2 Å². The molecule has 0 saturated carbocycles. The average Bonchev–Trinajstić information content (AvgIpc) is 2.49. The highest BCUT2D eigenvalue weighted by Crippen LogP contribution is 2.33. The Labute approximate surface area is 121 Å². The molecule has 4 nitrogen and oxygen atoms in total. The summed E-state index contributed by atoms with van der Waals surface area (Å²) < 4.78 is 17.1. The highest BCUT2D eigenvalue weighted by atomic mass is 16.5. The summed E-state index contributed by atoms with van der Waals surface area (Å²) in [4.78, 5) is 0. The predicted molar refractivity (Wildman–Crippen MR) is 79.4 cm³/mol. The highest BCUT2D eigenvalue weighted by molar-refractivity contribution is 5.47. The number of nitrogens with two attached hydrogens (primary N) is 1. The summed E-state index contributed by atoms with van der Waals surface area (Å²) in [6.07, 6.45) is 3.93. The van der Waals surface area contributed by atoms with Crippen molar-refractivity contribution in [3.8, 4) is 11.5 Å². The molecule has 2 unspecified atom stereocenters. The second-order valence-electron chi connectivity index (χ2n) is 5.28. The molecule has 4 heteroatoms. The summed E-state index contributed by atoms with van der Waals surface area (Å²) in [5.41, 5.74) is 7.19. The molecule has 2 rings (SSSR count). The SMILES string of the molecule is CCC(N)Cc1cccc(OC)c1OC1CCCOC1. The van der Waals surface area contributed by atoms with Gasteiger partial charge in [-0.3, -0.25) is 0 Å². The second-order valence-corrected chi connectivity index (χ2v) is 5.28. The van der Waals surface area contributed by atoms with Crippen molar-refractivity contribution in [3.63, 3.8) is 0 Å². The van der Waals surface area contributed by atoms with Crippen LogP contribution in [0, 0.1) is 0 Å². The smallest absolute Gasteiger partial charge is 0.164 e. The number of methoxy groups -OCH3 is 1. The molecule has 0 radical (unpaired) electrons. The molecule has 1 aromatic rings. The lowest BCUT2D eigenvalue weighted by atomic mass is 10.0. The molecule has 0 amide bonds. The van der Waals surface area contributed by atoms with E-state index >= 15 is 0 Å². The Kier molecular flexibility index (Phi) is 5.68. The van der Waals surface area contributed by atoms with E-state index in [1.54, 1.807) is 7.11 Å². The Hall–Kier alpha value is -1.26. The van der Waals surface area contributed by atoms with Gasteiger partial charge in [0.2, 0.25) is 0 Å². The zero-order valence-corrected chi connectivity index (χ0v) is 12.4. The lowest BCUT2D eigenvalue weighted by molar-refractivity contribution is 0.00601. The van der Waals surface area contributed by atoms with Gasteiger partial charge in [-0.1, -0.05) is 19.1 Å². The Bertz CT molecular complexity index is 416. The molecule has 1 saturated heterocycles. The van der Waals surface area contributed by atoms with Gasteiger partial charge in [0.1, 0.15) is 6.10 Å². The summed E-state index contributed by atoms with van der Waals surface area (Å²) in [6, 6.07) is 6.13. The van der Waals surface area contributed by atoms with Gasteiger partial charge in [-0.15, -0.1) is 0 Å². The first-order valence-corrected chi connectivity index (χ1v) is 7.40. The van der Waals surface area contributed by atoms with E-state index < -0.39 is 0 Å². The fourth-order valence-electron chi connectivity index (χ4n) is 2.41. The summed E-state index contributed by atoms with van der Waals surface area (Å²) in [5, 5.41) is 0. The van der Waals surface area contributed by atoms with Crippen LogP contribution in [0.25, 0.3) is 0 Å². The van der Waals surface area contributed by atoms with Crippen molar-refractivity contribution in [2.45, 2.75) is 44.8 Å². The third-order valence-electron chi connectivity index (χ3n) is 3.69. The standard InChI is InChI=1S/C16H25NO3/c1-3-13(17)10-12-6-4-8-15(18-2)16(12)20-14-7-5-9-19-11-14/h4,6,8,13-14H,3,5,7,9-11,17H2,1-2H3. The molecule has 0 aromatic heterocycles. The fourth-order valence-corrected chi connectivity index (χ4v) is 2.41. The van der Waals surface area contributed by atoms with Crippen LogP contribution in [0.1, 0.15) is 31.7 Å². The van der Waals surface area contributed by atoms with Crippen molar-refractivity contribution in [2.24, 2.45) is 5.73 Å². The van der Waals surface area contributed by atoms with Gasteiger partial charge in [-0.25, -0.2) is 0 Å². The van der Waals surface area contributed by atoms with E-state index in [1.807, 2.05) is 12.1 Å². The van der Waals surface area contributed by atoms with E-state index in [1.165, 1.54) is 0 Å². The Morgan fingerprint density at radius 2 is 2.30 bits per heavy atom. The van der Waals surface area contributed by atoms with Crippen molar-refractivity contribution in [1.82, 2.24) is 0 Å². The van der Waals surface area contributed by atoms with E-state index in [2.05, 4.69) is 13.0 Å². The Morgan fingerprint density at radius 1 is 1.45 bits per heavy atom. The number of para-hydroxylation sites is 1. The molecule has 112 valence electrons. The van der Waals surface area contributed by atoms with E-state index in [9.17, 15) is 0 Å². The van der Waals surface area contributed by atoms with Gasteiger partial charge in [0.05, 0.1) is 13.7 Å². The summed E-state index contributed by atoms with van der Waals surface area (Å²) in [5.74, 6) is 1.60. The van der Waals surface area contributed by atoms with Crippen LogP contribution in [0.2, 0.25) is 0 Å². The first-order chi connectivity index (χ1) is 9.74. The molecular formula is C16H25NO3. The largest absolute Gasteiger partial charge is 0.493 e. The minimum absolute atomic E-state index is 0.108. The van der Waals surface area contributed by atoms with Crippen molar-refractivity contribution >= 4 is 0 Å². The summed E-state index contributed by atoms with van der Waals surface area (Å²) in [7, 11) is 1.67. The van der Waals surface area contributed by atoms with Gasteiger partial charge in [0.15, 0.2) is 11.5 Å². The first kappa shape index (κ1) is 15.1. The maximum atomic E-state index is 6.15. The minimum Gasteiger partial charge on any atom is -0.493 e. The topological polar surface area (TPSA) is 53.7 Å². The third-order valence-corrected chi connectivity index (χ3v) is 3.69. The molecule has 2 N–H and O–H groups in total. The Morgan fingerprint density at radius 3 is 2.95 bits per heavy atom. The number of hydrogen-bond acceptors (Lipinski definition) is 4. The first-order valence-electron chi connectivity index (χ1n) is 7.40. The molecule has 1 aromatic carbocycles. The van der Waals surface area contributed by atoms with Gasteiger partial charge < -0.3 is 19.9 Å². The van der Waals surface area contributed by atoms with E-state index in [4.69, 9.17) is 19.9 Å². The number of ether oxygens (including phenoxy) is 3. The van der Waals surface area contributed by atoms with Crippen molar-refractivity contribution < 1.29 is 14.2 Å². The van der Waals surface area contributed by atoms with E-state index in [-0.39, 0.29) is 12.1 Å². The molecule has 0 spiro atoms. The van der Waals surface area contributed by atoms with Crippen LogP contribution in [-0.4, -0.2) is 32.5 Å². The third kappa shape index (κ3) is 3.87. The van der Waals surface area contributed by atoms with Crippen LogP contribution < -0.4 is 15.2 Å². The van der Waals surface area contributed by atoms with Gasteiger partial charge in [-0.05, 0) is 37.3 Å². The monoisotopic (exact) mass is 279 g/mol. The highest BCUT2D eigenvalue weighted by Gasteiger charge is 2.20. The zero-order valence-electron chi connectivity index (χ0n) is 12.4. The molecule has 1 heterocycles. The number of benzene rings is 1. The number of hydrogen-bond donors (Lipinski definition) is 1. The normalized spacial score (nSPS) is 20.4. The number of rotatable bonds is 6. The van der Waals surface area contributed by atoms with Crippen LogP contribution in [0.5, 0.6) is 11.5 Å². The molecule has 0 bridgehead atoms. The van der Waals surface area contributed by atoms with Crippen molar-refractivity contribution in [2.75, 3.05) is 20.3 Å². The van der Waals surface area contributed by atoms with Gasteiger partial charge in [0, 0.05) is 12.6 Å². The maximum absolute atomic E-state index is 6.15. The minimum atomic E-state index is 0.108. The van der Waals surface area contributed by atoms with Crippen molar-refractivity contribution in [1.29, 1.82) is 0 Å². The van der Waals surface area contributed by atoms with Crippen LogP contribution in [0.4, 0.5) is 0 Å². The lowest BCUT2D eigenvalue weighted by Gasteiger charge is -2.26. The molecular weight excluding hydrogens is 254 g/mol. The van der Waals surface area contributed by atoms with Gasteiger partial charge in [-0.2, -0.15) is 0 Å². The summed E-state index contributed by atoms with van der Waals surface area (Å²) in [6.45, 7) is 3.58. The van der Waals surface area contributed by atoms with E-state index in [0.717, 1.165) is 49.4 Å². The second kappa shape index (κ2) is 7.50. The average molecular weight is 279 g/mol. The molecule has 1 fully saturated rings. The molecule has 1 aliphatic heterocycles. The van der Waals surface area contributed by atoms with Gasteiger partial charge in [0.25, 0.3) is 0 Å². The molecule has 2 atom stereocenters. The van der Waals surface area contributed by atoms with Crippen LogP contribution in [0.3, 0.4) is 0 Å². The lowest BCUT2D eigenvalue weighted by Crippen LogP contribution is -2.29. The quantitative estimate of drug-likeness (QED) is 0.869. The van der Waals surface area contributed by atoms with Crippen LogP contribution >= 0.6 is 0 Å². The molecule has 0 aliphatic carbocycles. The van der Waals surface area contributed by atoms with Crippen molar-refractivity contribution in [3.05, 3.63) is 23.8 Å². The molecule has 20 heavy (non-hydrogen) atoms. The zero-order chi connectivity index (χ0) is 14.4. The van der Waals surface area contributed by atoms with Gasteiger partial charge >= 0.3 is 0 Å². The molecule has 1 aliphatic rings. The van der Waals surface area contributed by atoms with E-state index in [0.29, 0.717) is 6.61 Å². The predicted octanol–water partition coefficient (Wildman–Crippen LogP) is 2.53. The Balaban J connectivity index is 2.17. The maximum Gasteiger partial charge on any atom is 0.164 e.